The zero-order valence-corrected chi connectivity index (χ0v) is 20.6. The summed E-state index contributed by atoms with van der Waals surface area (Å²) in [4.78, 5) is 29.9. The van der Waals surface area contributed by atoms with Crippen LogP contribution in [0.3, 0.4) is 0 Å². The van der Waals surface area contributed by atoms with E-state index in [0.717, 1.165) is 38.4 Å². The fourth-order valence-corrected chi connectivity index (χ4v) is 4.93. The van der Waals surface area contributed by atoms with Crippen LogP contribution in [-0.2, 0) is 7.05 Å². The van der Waals surface area contributed by atoms with Crippen molar-refractivity contribution in [2.45, 2.75) is 0 Å². The molecule has 1 aliphatic heterocycles. The number of hydrogen-bond donors (Lipinski definition) is 0. The Morgan fingerprint density at radius 1 is 0.909 bits per heavy atom. The highest BCUT2D eigenvalue weighted by Crippen LogP contribution is 2.44. The van der Waals surface area contributed by atoms with Crippen molar-refractivity contribution >= 4 is 49.6 Å². The lowest BCUT2D eigenvalue weighted by molar-refractivity contribution is 0.0694. The van der Waals surface area contributed by atoms with Crippen LogP contribution < -0.4 is 4.74 Å². The molecule has 33 heavy (non-hydrogen) atoms. The number of nitrogens with zero attached hydrogens (tertiary/aromatic N) is 3. The van der Waals surface area contributed by atoms with Crippen molar-refractivity contribution in [3.63, 3.8) is 0 Å². The first-order valence-electron chi connectivity index (χ1n) is 10.7. The average Bonchev–Trinajstić information content (AvgIpc) is 3.19. The van der Waals surface area contributed by atoms with E-state index >= 15 is 0 Å². The summed E-state index contributed by atoms with van der Waals surface area (Å²) in [6.45, 7) is 1.28. The van der Waals surface area contributed by atoms with Gasteiger partial charge in [0.1, 0.15) is 12.4 Å². The Bertz CT molecular complexity index is 1450. The van der Waals surface area contributed by atoms with E-state index < -0.39 is 0 Å². The molecular weight excluding hydrogens is 482 g/mol. The number of para-hydroxylation sites is 1. The maximum Gasteiger partial charge on any atom is 0.262 e. The van der Waals surface area contributed by atoms with Crippen molar-refractivity contribution in [1.29, 1.82) is 0 Å². The fraction of sp³-hybridized carbons (Fsp3) is 0.231. The van der Waals surface area contributed by atoms with E-state index in [4.69, 9.17) is 4.74 Å². The van der Waals surface area contributed by atoms with Gasteiger partial charge in [0.25, 0.3) is 11.8 Å². The summed E-state index contributed by atoms with van der Waals surface area (Å²) in [5, 5.41) is 1.75. The highest BCUT2D eigenvalue weighted by Gasteiger charge is 2.39. The summed E-state index contributed by atoms with van der Waals surface area (Å²) in [6.07, 6.45) is 0. The molecule has 1 aromatic heterocycles. The van der Waals surface area contributed by atoms with E-state index in [1.54, 1.807) is 7.05 Å². The Labute approximate surface area is 200 Å². The van der Waals surface area contributed by atoms with Gasteiger partial charge in [-0.05, 0) is 44.4 Å². The van der Waals surface area contributed by atoms with Crippen LogP contribution in [0.15, 0.2) is 53.0 Å². The number of imide groups is 1. The number of rotatable bonds is 5. The number of halogens is 1. The summed E-state index contributed by atoms with van der Waals surface area (Å²) in [6, 6.07) is 15.7. The maximum absolute atomic E-state index is 13.3. The second kappa shape index (κ2) is 8.01. The van der Waals surface area contributed by atoms with Gasteiger partial charge in [-0.15, -0.1) is 0 Å². The van der Waals surface area contributed by atoms with E-state index in [9.17, 15) is 9.59 Å². The van der Waals surface area contributed by atoms with Gasteiger partial charge >= 0.3 is 0 Å². The molecule has 0 atom stereocenters. The third-order valence-corrected chi connectivity index (χ3v) is 6.76. The first kappa shape index (κ1) is 21.7. The lowest BCUT2D eigenvalue weighted by Crippen LogP contribution is -2.24. The van der Waals surface area contributed by atoms with E-state index in [1.807, 2.05) is 69.7 Å². The normalized spacial score (nSPS) is 13.6. The zero-order valence-electron chi connectivity index (χ0n) is 19.0. The van der Waals surface area contributed by atoms with Gasteiger partial charge in [0.15, 0.2) is 0 Å². The number of benzene rings is 3. The quantitative estimate of drug-likeness (QED) is 0.361. The Kier molecular flexibility index (Phi) is 5.26. The second-order valence-corrected chi connectivity index (χ2v) is 9.52. The van der Waals surface area contributed by atoms with E-state index in [-0.39, 0.29) is 11.8 Å². The van der Waals surface area contributed by atoms with E-state index in [0.29, 0.717) is 29.0 Å². The largest absolute Gasteiger partial charge is 0.492 e. The molecule has 7 heteroatoms. The van der Waals surface area contributed by atoms with Gasteiger partial charge in [0.2, 0.25) is 0 Å². The molecule has 0 unspecified atom stereocenters. The average molecular weight is 506 g/mol. The SMILES string of the molecule is CN(C)CCOc1ccccc1-c1cc2c(c3c1C(=O)N(C)C3=O)c1cc(Br)ccc1n2C. The molecule has 0 N–H and O–H groups in total. The van der Waals surface area contributed by atoms with Crippen LogP contribution in [0.1, 0.15) is 20.7 Å². The van der Waals surface area contributed by atoms with E-state index in [2.05, 4.69) is 25.4 Å². The van der Waals surface area contributed by atoms with Crippen LogP contribution in [0.5, 0.6) is 5.75 Å². The fourth-order valence-electron chi connectivity index (χ4n) is 4.57. The predicted molar refractivity (Wildman–Crippen MR) is 134 cm³/mol. The summed E-state index contributed by atoms with van der Waals surface area (Å²) in [5.74, 6) is 0.125. The Balaban J connectivity index is 1.83. The monoisotopic (exact) mass is 505 g/mol. The lowest BCUT2D eigenvalue weighted by atomic mass is 9.92. The van der Waals surface area contributed by atoms with Crippen molar-refractivity contribution in [3.05, 3.63) is 64.1 Å². The van der Waals surface area contributed by atoms with Crippen molar-refractivity contribution in [3.8, 4) is 16.9 Å². The molecule has 2 heterocycles. The van der Waals surface area contributed by atoms with E-state index in [1.165, 1.54) is 4.90 Å². The molecule has 0 spiro atoms. The Hall–Kier alpha value is -3.16. The molecule has 1 aliphatic rings. The van der Waals surface area contributed by atoms with Gasteiger partial charge in [-0.3, -0.25) is 14.5 Å². The van der Waals surface area contributed by atoms with Crippen LogP contribution >= 0.6 is 15.9 Å². The van der Waals surface area contributed by atoms with Gasteiger partial charge in [-0.2, -0.15) is 0 Å². The predicted octanol–water partition coefficient (Wildman–Crippen LogP) is 4.93. The van der Waals surface area contributed by atoms with Crippen molar-refractivity contribution in [2.75, 3.05) is 34.3 Å². The molecule has 168 valence electrons. The summed E-state index contributed by atoms with van der Waals surface area (Å²) in [7, 11) is 7.52. The summed E-state index contributed by atoms with van der Waals surface area (Å²) >= 11 is 3.55. The Morgan fingerprint density at radius 2 is 1.64 bits per heavy atom. The van der Waals surface area contributed by atoms with Gasteiger partial charge in [0.05, 0.1) is 16.6 Å². The Morgan fingerprint density at radius 3 is 2.39 bits per heavy atom. The molecule has 0 saturated carbocycles. The van der Waals surface area contributed by atoms with Crippen LogP contribution in [0.25, 0.3) is 32.9 Å². The molecule has 0 aliphatic carbocycles. The topological polar surface area (TPSA) is 54.8 Å². The number of hydrogen-bond acceptors (Lipinski definition) is 4. The molecular formula is C26H24BrN3O3. The third-order valence-electron chi connectivity index (χ3n) is 6.27. The standard InChI is InChI=1S/C26H24BrN3O3/c1-28(2)11-12-33-21-8-6-5-7-16(21)17-14-20-22(24-23(17)25(31)30(4)26(24)32)18-13-15(27)9-10-19(18)29(20)3/h5-10,13-14H,11-12H2,1-4H3. The van der Waals surface area contributed by atoms with Crippen LogP contribution in [0, 0.1) is 0 Å². The first-order chi connectivity index (χ1) is 15.8. The number of ether oxygens (including phenoxy) is 1. The van der Waals surface area contributed by atoms with Crippen LogP contribution in [0.4, 0.5) is 0 Å². The zero-order chi connectivity index (χ0) is 23.4. The number of aryl methyl sites for hydroxylation is 1. The number of likely N-dealkylation sites (N-methyl/N-ethyl adjacent to an activating group) is 1. The highest BCUT2D eigenvalue weighted by atomic mass is 79.9. The van der Waals surface area contributed by atoms with Gasteiger partial charge in [0, 0.05) is 52.5 Å². The molecule has 4 aromatic rings. The second-order valence-electron chi connectivity index (χ2n) is 8.61. The minimum absolute atomic E-state index is 0.277. The van der Waals surface area contributed by atoms with Crippen LogP contribution in [0.2, 0.25) is 0 Å². The maximum atomic E-state index is 13.3. The first-order valence-corrected chi connectivity index (χ1v) is 11.5. The molecule has 0 fully saturated rings. The number of fused-ring (bicyclic) bond motifs is 5. The highest BCUT2D eigenvalue weighted by molar-refractivity contribution is 9.10. The molecule has 0 saturated heterocycles. The number of amides is 2. The van der Waals surface area contributed by atoms with Gasteiger partial charge < -0.3 is 14.2 Å². The number of carbonyl (C=O) groups excluding carboxylic acids is 2. The van der Waals surface area contributed by atoms with Crippen molar-refractivity contribution in [1.82, 2.24) is 14.4 Å². The number of aromatic nitrogens is 1. The smallest absolute Gasteiger partial charge is 0.262 e. The lowest BCUT2D eigenvalue weighted by Gasteiger charge is -2.16. The minimum atomic E-state index is -0.290. The summed E-state index contributed by atoms with van der Waals surface area (Å²) < 4.78 is 9.10. The van der Waals surface area contributed by atoms with Crippen molar-refractivity contribution in [2.24, 2.45) is 7.05 Å². The number of carbonyl (C=O) groups is 2. The van der Waals surface area contributed by atoms with Crippen molar-refractivity contribution < 1.29 is 14.3 Å². The molecule has 0 radical (unpaired) electrons. The van der Waals surface area contributed by atoms with Gasteiger partial charge in [-0.1, -0.05) is 34.1 Å². The summed E-state index contributed by atoms with van der Waals surface area (Å²) in [5.41, 5.74) is 4.31. The minimum Gasteiger partial charge on any atom is -0.492 e. The molecule has 2 amide bonds. The molecule has 0 bridgehead atoms. The molecule has 6 nitrogen and oxygen atoms in total. The van der Waals surface area contributed by atoms with Gasteiger partial charge in [-0.25, -0.2) is 0 Å². The molecule has 3 aromatic carbocycles. The van der Waals surface area contributed by atoms with Crippen LogP contribution in [-0.4, -0.2) is 60.5 Å². The third kappa shape index (κ3) is 3.34. The molecule has 5 rings (SSSR count).